The molecule has 104 valence electrons. The summed E-state index contributed by atoms with van der Waals surface area (Å²) < 4.78 is 5.12. The maximum absolute atomic E-state index is 11.7. The number of phenols is 1. The molecule has 0 atom stereocenters. The van der Waals surface area contributed by atoms with Gasteiger partial charge in [0.15, 0.2) is 0 Å². The van der Waals surface area contributed by atoms with Crippen LogP contribution >= 0.6 is 0 Å². The second-order valence-corrected chi connectivity index (χ2v) is 4.60. The first-order valence-electron chi connectivity index (χ1n) is 6.66. The van der Waals surface area contributed by atoms with Crippen LogP contribution in [-0.4, -0.2) is 48.9 Å². The fourth-order valence-corrected chi connectivity index (χ4v) is 2.09. The highest BCUT2D eigenvalue weighted by atomic mass is 16.6. The molecule has 1 fully saturated rings. The first-order chi connectivity index (χ1) is 9.20. The number of phenolic OH excluding ortho intramolecular Hbond substituents is 1. The summed E-state index contributed by atoms with van der Waals surface area (Å²) in [5.41, 5.74) is 1.07. The van der Waals surface area contributed by atoms with Crippen molar-refractivity contribution >= 4 is 11.8 Å². The van der Waals surface area contributed by atoms with E-state index >= 15 is 0 Å². The molecule has 1 aliphatic rings. The first kappa shape index (κ1) is 13.5. The van der Waals surface area contributed by atoms with Gasteiger partial charge in [-0.2, -0.15) is 0 Å². The number of aromatic hydroxyl groups is 1. The molecule has 5 heteroatoms. The molecular formula is C14H20N2O3. The number of hydrogen-bond donors (Lipinski definition) is 1. The third kappa shape index (κ3) is 3.53. The molecule has 0 spiro atoms. The van der Waals surface area contributed by atoms with Crippen molar-refractivity contribution in [1.29, 1.82) is 0 Å². The summed E-state index contributed by atoms with van der Waals surface area (Å²) in [5.74, 6) is 0.269. The smallest absolute Gasteiger partial charge is 0.409 e. The van der Waals surface area contributed by atoms with Gasteiger partial charge in [0.2, 0.25) is 0 Å². The lowest BCUT2D eigenvalue weighted by Crippen LogP contribution is -2.49. The molecule has 19 heavy (non-hydrogen) atoms. The Morgan fingerprint density at radius 1 is 1.21 bits per heavy atom. The fraction of sp³-hybridized carbons (Fsp3) is 0.500. The molecular weight excluding hydrogens is 244 g/mol. The van der Waals surface area contributed by atoms with Gasteiger partial charge in [0.1, 0.15) is 5.75 Å². The molecule has 1 amide bonds. The van der Waals surface area contributed by atoms with Gasteiger partial charge in [-0.1, -0.05) is 6.92 Å². The van der Waals surface area contributed by atoms with Crippen molar-refractivity contribution in [3.8, 4) is 5.75 Å². The minimum Gasteiger partial charge on any atom is -0.508 e. The summed E-state index contributed by atoms with van der Waals surface area (Å²) in [4.78, 5) is 15.6. The predicted molar refractivity (Wildman–Crippen MR) is 73.5 cm³/mol. The quantitative estimate of drug-likeness (QED) is 0.908. The van der Waals surface area contributed by atoms with E-state index in [0.717, 1.165) is 25.2 Å². The highest BCUT2D eigenvalue weighted by Gasteiger charge is 2.21. The number of piperazine rings is 1. The van der Waals surface area contributed by atoms with Crippen LogP contribution < -0.4 is 4.90 Å². The molecule has 0 aliphatic carbocycles. The topological polar surface area (TPSA) is 53.0 Å². The van der Waals surface area contributed by atoms with E-state index in [-0.39, 0.29) is 11.8 Å². The summed E-state index contributed by atoms with van der Waals surface area (Å²) >= 11 is 0. The maximum atomic E-state index is 11.7. The monoisotopic (exact) mass is 264 g/mol. The lowest BCUT2D eigenvalue weighted by Gasteiger charge is -2.35. The zero-order valence-corrected chi connectivity index (χ0v) is 11.2. The van der Waals surface area contributed by atoms with Gasteiger partial charge in [0.05, 0.1) is 6.61 Å². The van der Waals surface area contributed by atoms with Gasteiger partial charge >= 0.3 is 6.09 Å². The van der Waals surface area contributed by atoms with Crippen LogP contribution in [0.1, 0.15) is 13.3 Å². The Morgan fingerprint density at radius 3 is 2.42 bits per heavy atom. The SMILES string of the molecule is CCCOC(=O)N1CCN(c2ccc(O)cc2)CC1. The van der Waals surface area contributed by atoms with Crippen LogP contribution in [0.4, 0.5) is 10.5 Å². The molecule has 0 aromatic heterocycles. The summed E-state index contributed by atoms with van der Waals surface area (Å²) in [6.45, 7) is 5.37. The Bertz CT molecular complexity index is 411. The molecule has 1 aliphatic heterocycles. The van der Waals surface area contributed by atoms with Crippen molar-refractivity contribution in [2.45, 2.75) is 13.3 Å². The molecule has 5 nitrogen and oxygen atoms in total. The Balaban J connectivity index is 1.85. The molecule has 0 bridgehead atoms. The number of amides is 1. The average molecular weight is 264 g/mol. The average Bonchev–Trinajstić information content (AvgIpc) is 2.46. The molecule has 1 saturated heterocycles. The van der Waals surface area contributed by atoms with Crippen LogP contribution in [0.2, 0.25) is 0 Å². The van der Waals surface area contributed by atoms with E-state index in [2.05, 4.69) is 4.90 Å². The standard InChI is InChI=1S/C14H20N2O3/c1-2-11-19-14(18)16-9-7-15(8-10-16)12-3-5-13(17)6-4-12/h3-6,17H,2,7-11H2,1H3. The number of anilines is 1. The first-order valence-corrected chi connectivity index (χ1v) is 6.66. The summed E-state index contributed by atoms with van der Waals surface area (Å²) in [6.07, 6.45) is 0.631. The Labute approximate surface area is 113 Å². The van der Waals surface area contributed by atoms with Crippen molar-refractivity contribution in [2.24, 2.45) is 0 Å². The minimum atomic E-state index is -0.216. The molecule has 0 saturated carbocycles. The summed E-state index contributed by atoms with van der Waals surface area (Å²) in [5, 5.41) is 9.26. The molecule has 1 aromatic carbocycles. The van der Waals surface area contributed by atoms with Gasteiger partial charge in [-0.25, -0.2) is 4.79 Å². The van der Waals surface area contributed by atoms with Crippen molar-refractivity contribution in [3.63, 3.8) is 0 Å². The van der Waals surface area contributed by atoms with Gasteiger partial charge < -0.3 is 19.6 Å². The number of rotatable bonds is 3. The van der Waals surface area contributed by atoms with Crippen molar-refractivity contribution in [3.05, 3.63) is 24.3 Å². The van der Waals surface area contributed by atoms with E-state index in [1.165, 1.54) is 0 Å². The van der Waals surface area contributed by atoms with Crippen molar-refractivity contribution < 1.29 is 14.6 Å². The molecule has 2 rings (SSSR count). The van der Waals surface area contributed by atoms with Crippen LogP contribution in [0.5, 0.6) is 5.75 Å². The van der Waals surface area contributed by atoms with Crippen LogP contribution in [-0.2, 0) is 4.74 Å². The van der Waals surface area contributed by atoms with E-state index in [1.54, 1.807) is 17.0 Å². The zero-order chi connectivity index (χ0) is 13.7. The molecule has 1 aromatic rings. The molecule has 0 unspecified atom stereocenters. The van der Waals surface area contributed by atoms with Gasteiger partial charge in [-0.15, -0.1) is 0 Å². The van der Waals surface area contributed by atoms with E-state index in [9.17, 15) is 9.90 Å². The highest BCUT2D eigenvalue weighted by Crippen LogP contribution is 2.19. The van der Waals surface area contributed by atoms with Crippen LogP contribution in [0.15, 0.2) is 24.3 Å². The van der Waals surface area contributed by atoms with E-state index in [0.29, 0.717) is 19.7 Å². The van der Waals surface area contributed by atoms with Gasteiger partial charge in [0.25, 0.3) is 0 Å². The van der Waals surface area contributed by atoms with Crippen LogP contribution in [0.25, 0.3) is 0 Å². The second kappa shape index (κ2) is 6.31. The van der Waals surface area contributed by atoms with Crippen LogP contribution in [0, 0.1) is 0 Å². The van der Waals surface area contributed by atoms with Gasteiger partial charge in [0, 0.05) is 31.9 Å². The third-order valence-electron chi connectivity index (χ3n) is 3.18. The zero-order valence-electron chi connectivity index (χ0n) is 11.2. The van der Waals surface area contributed by atoms with Gasteiger partial charge in [-0.3, -0.25) is 0 Å². The third-order valence-corrected chi connectivity index (χ3v) is 3.18. The normalized spacial score (nSPS) is 15.4. The largest absolute Gasteiger partial charge is 0.508 e. The molecule has 0 radical (unpaired) electrons. The fourth-order valence-electron chi connectivity index (χ4n) is 2.09. The number of benzene rings is 1. The predicted octanol–water partition coefficient (Wildman–Crippen LogP) is 2.06. The number of nitrogens with zero attached hydrogens (tertiary/aromatic N) is 2. The second-order valence-electron chi connectivity index (χ2n) is 4.60. The van der Waals surface area contributed by atoms with E-state index in [1.807, 2.05) is 19.1 Å². The highest BCUT2D eigenvalue weighted by molar-refractivity contribution is 5.68. The van der Waals surface area contributed by atoms with Gasteiger partial charge in [-0.05, 0) is 30.7 Å². The Morgan fingerprint density at radius 2 is 1.84 bits per heavy atom. The summed E-state index contributed by atoms with van der Waals surface area (Å²) in [6, 6.07) is 7.13. The number of hydrogen-bond acceptors (Lipinski definition) is 4. The number of carbonyl (C=O) groups is 1. The molecule has 1 N–H and O–H groups in total. The van der Waals surface area contributed by atoms with Crippen LogP contribution in [0.3, 0.4) is 0 Å². The van der Waals surface area contributed by atoms with E-state index < -0.39 is 0 Å². The number of carbonyl (C=O) groups excluding carboxylic acids is 1. The summed E-state index contributed by atoms with van der Waals surface area (Å²) in [7, 11) is 0. The molecule has 1 heterocycles. The minimum absolute atomic E-state index is 0.216. The lowest BCUT2D eigenvalue weighted by atomic mass is 10.2. The van der Waals surface area contributed by atoms with E-state index in [4.69, 9.17) is 4.74 Å². The Kier molecular flexibility index (Phi) is 4.49. The maximum Gasteiger partial charge on any atom is 0.409 e. The lowest BCUT2D eigenvalue weighted by molar-refractivity contribution is 0.100. The van der Waals surface area contributed by atoms with Crippen molar-refractivity contribution in [2.75, 3.05) is 37.7 Å². The number of ether oxygens (including phenoxy) is 1. The van der Waals surface area contributed by atoms with Crippen molar-refractivity contribution in [1.82, 2.24) is 4.90 Å². The Hall–Kier alpha value is -1.91.